The van der Waals surface area contributed by atoms with Gasteiger partial charge in [-0.15, -0.1) is 0 Å². The van der Waals surface area contributed by atoms with Crippen molar-refractivity contribution in [3.8, 4) is 5.75 Å². The molecule has 1 heterocycles. The number of halogens is 4. The Morgan fingerprint density at radius 3 is 2.33 bits per heavy atom. The molecule has 0 spiro atoms. The van der Waals surface area contributed by atoms with Gasteiger partial charge in [0.2, 0.25) is 0 Å². The van der Waals surface area contributed by atoms with Crippen molar-refractivity contribution in [2.24, 2.45) is 5.92 Å². The highest BCUT2D eigenvalue weighted by atomic mass is 19.4. The van der Waals surface area contributed by atoms with Crippen LogP contribution in [-0.2, 0) is 15.7 Å². The summed E-state index contributed by atoms with van der Waals surface area (Å²) in [4.78, 5) is 36.1. The molecule has 2 unspecified atom stereocenters. The first-order valence-corrected chi connectivity index (χ1v) is 9.65. The van der Waals surface area contributed by atoms with Crippen LogP contribution in [0.15, 0.2) is 42.5 Å². The van der Waals surface area contributed by atoms with E-state index in [1.54, 1.807) is 0 Å². The van der Waals surface area contributed by atoms with Crippen LogP contribution in [0.1, 0.15) is 23.5 Å². The summed E-state index contributed by atoms with van der Waals surface area (Å²) in [5.41, 5.74) is -1.44. The zero-order chi connectivity index (χ0) is 24.3. The molecule has 1 aliphatic rings. The molecule has 1 aliphatic heterocycles. The molecule has 0 radical (unpaired) electrons. The fourth-order valence-electron chi connectivity index (χ4n) is 3.64. The average Bonchev–Trinajstić information content (AvgIpc) is 2.77. The van der Waals surface area contributed by atoms with Crippen LogP contribution in [0.2, 0.25) is 0 Å². The number of nitrogens with zero attached hydrogens (tertiary/aromatic N) is 2. The monoisotopic (exact) mass is 470 g/mol. The number of nitro groups is 1. The zero-order valence-corrected chi connectivity index (χ0v) is 17.2. The van der Waals surface area contributed by atoms with Gasteiger partial charge in [-0.25, -0.2) is 9.18 Å². The van der Waals surface area contributed by atoms with Gasteiger partial charge in [-0.1, -0.05) is 6.07 Å². The number of carbonyl (C=O) groups is 2. The first kappa shape index (κ1) is 24.0. The van der Waals surface area contributed by atoms with Crippen LogP contribution >= 0.6 is 0 Å². The Kier molecular flexibility index (Phi) is 6.84. The normalized spacial score (nSPS) is 18.5. The van der Waals surface area contributed by atoms with Crippen molar-refractivity contribution >= 4 is 17.7 Å². The maximum atomic E-state index is 14.1. The van der Waals surface area contributed by atoms with Crippen molar-refractivity contribution in [2.45, 2.75) is 18.5 Å². The second-order valence-corrected chi connectivity index (χ2v) is 7.41. The lowest BCUT2D eigenvalue weighted by atomic mass is 9.84. The molecule has 0 N–H and O–H groups in total. The predicted octanol–water partition coefficient (Wildman–Crippen LogP) is 4.53. The third-order valence-electron chi connectivity index (χ3n) is 5.27. The van der Waals surface area contributed by atoms with Crippen LogP contribution < -0.4 is 4.74 Å². The van der Waals surface area contributed by atoms with Gasteiger partial charge in [0, 0.05) is 31.1 Å². The number of benzene rings is 2. The van der Waals surface area contributed by atoms with Crippen LogP contribution in [0.3, 0.4) is 0 Å². The van der Waals surface area contributed by atoms with Gasteiger partial charge in [0.25, 0.3) is 5.69 Å². The molecule has 0 aliphatic carbocycles. The summed E-state index contributed by atoms with van der Waals surface area (Å²) < 4.78 is 62.7. The minimum absolute atomic E-state index is 0.0166. The second kappa shape index (κ2) is 9.43. The number of alkyl halides is 3. The number of methoxy groups -OCH3 is 1. The van der Waals surface area contributed by atoms with E-state index in [0.29, 0.717) is 6.07 Å². The van der Waals surface area contributed by atoms with E-state index in [-0.39, 0.29) is 36.5 Å². The fraction of sp³-hybridized carbons (Fsp3) is 0.333. The van der Waals surface area contributed by atoms with E-state index in [1.807, 2.05) is 0 Å². The van der Waals surface area contributed by atoms with E-state index < -0.39 is 46.4 Å². The lowest BCUT2D eigenvalue weighted by Crippen LogP contribution is -2.46. The molecule has 33 heavy (non-hydrogen) atoms. The number of hydrogen-bond acceptors (Lipinski definition) is 6. The molecule has 0 aromatic heterocycles. The minimum atomic E-state index is -4.86. The summed E-state index contributed by atoms with van der Waals surface area (Å²) in [6.07, 6.45) is -5.61. The summed E-state index contributed by atoms with van der Waals surface area (Å²) in [6, 6.07) is 7.20. The molecule has 1 fully saturated rings. The molecule has 1 amide bonds. The minimum Gasteiger partial charge on any atom is -0.469 e. The van der Waals surface area contributed by atoms with Gasteiger partial charge in [-0.05, 0) is 36.2 Å². The summed E-state index contributed by atoms with van der Waals surface area (Å²) in [7, 11) is 1.16. The summed E-state index contributed by atoms with van der Waals surface area (Å²) in [5, 5.41) is 10.7. The van der Waals surface area contributed by atoms with Crippen molar-refractivity contribution in [3.05, 3.63) is 69.5 Å². The van der Waals surface area contributed by atoms with Gasteiger partial charge in [-0.3, -0.25) is 14.9 Å². The predicted molar refractivity (Wildman–Crippen MR) is 105 cm³/mol. The molecule has 2 atom stereocenters. The van der Waals surface area contributed by atoms with Crippen LogP contribution in [0.5, 0.6) is 5.75 Å². The Hall–Kier alpha value is -3.70. The van der Waals surface area contributed by atoms with Gasteiger partial charge in [0.05, 0.1) is 23.5 Å². The lowest BCUT2D eigenvalue weighted by molar-refractivity contribution is -0.384. The number of hydrogen-bond donors (Lipinski definition) is 0. The first-order valence-electron chi connectivity index (χ1n) is 9.65. The third-order valence-corrected chi connectivity index (χ3v) is 5.27. The average molecular weight is 470 g/mol. The fourth-order valence-corrected chi connectivity index (χ4v) is 3.64. The number of carbonyl (C=O) groups excluding carboxylic acids is 2. The van der Waals surface area contributed by atoms with Crippen LogP contribution in [-0.4, -0.2) is 42.1 Å². The van der Waals surface area contributed by atoms with E-state index in [0.717, 1.165) is 36.3 Å². The largest absolute Gasteiger partial charge is 0.469 e. The molecule has 8 nitrogen and oxygen atoms in total. The smallest absolute Gasteiger partial charge is 0.419 e. The maximum Gasteiger partial charge on any atom is 0.419 e. The Morgan fingerprint density at radius 1 is 1.12 bits per heavy atom. The topological polar surface area (TPSA) is 99.0 Å². The number of rotatable bonds is 4. The van der Waals surface area contributed by atoms with Crippen LogP contribution in [0.25, 0.3) is 0 Å². The van der Waals surface area contributed by atoms with E-state index in [1.165, 1.54) is 12.1 Å². The first-order chi connectivity index (χ1) is 15.5. The zero-order valence-electron chi connectivity index (χ0n) is 17.2. The molecular formula is C21H18F4N2O6. The molecule has 2 aromatic rings. The molecule has 3 rings (SSSR count). The molecule has 0 bridgehead atoms. The van der Waals surface area contributed by atoms with Crippen LogP contribution in [0, 0.1) is 21.8 Å². The van der Waals surface area contributed by atoms with E-state index in [4.69, 9.17) is 9.47 Å². The number of likely N-dealkylation sites (tertiary alicyclic amines) is 1. The maximum absolute atomic E-state index is 14.1. The van der Waals surface area contributed by atoms with E-state index in [9.17, 15) is 37.3 Å². The number of piperidine rings is 1. The van der Waals surface area contributed by atoms with Gasteiger partial charge in [-0.2, -0.15) is 13.2 Å². The molecule has 2 aromatic carbocycles. The van der Waals surface area contributed by atoms with Gasteiger partial charge >= 0.3 is 18.2 Å². The molecule has 0 saturated carbocycles. The quantitative estimate of drug-likeness (QED) is 0.282. The van der Waals surface area contributed by atoms with Crippen molar-refractivity contribution in [1.82, 2.24) is 4.90 Å². The van der Waals surface area contributed by atoms with Crippen LogP contribution in [0.4, 0.5) is 28.0 Å². The van der Waals surface area contributed by atoms with E-state index >= 15 is 0 Å². The molecular weight excluding hydrogens is 452 g/mol. The lowest BCUT2D eigenvalue weighted by Gasteiger charge is -2.36. The van der Waals surface area contributed by atoms with Crippen molar-refractivity contribution in [3.63, 3.8) is 0 Å². The van der Waals surface area contributed by atoms with Crippen molar-refractivity contribution < 1.29 is 41.5 Å². The number of nitro benzene ring substituents is 1. The number of ether oxygens (including phenoxy) is 2. The number of non-ortho nitro benzene ring substituents is 1. The Morgan fingerprint density at radius 2 is 1.79 bits per heavy atom. The SMILES string of the molecule is COC(=O)C1CC(c2ccc(C(F)(F)F)c(F)c2)CN(C(=O)Oc2ccc([N+](=O)[O-])cc2)C1. The Labute approximate surface area is 184 Å². The van der Waals surface area contributed by atoms with Crippen molar-refractivity contribution in [2.75, 3.05) is 20.2 Å². The van der Waals surface area contributed by atoms with Crippen molar-refractivity contribution in [1.29, 1.82) is 0 Å². The molecule has 1 saturated heterocycles. The molecule has 176 valence electrons. The Bertz CT molecular complexity index is 1060. The summed E-state index contributed by atoms with van der Waals surface area (Å²) >= 11 is 0. The number of amides is 1. The molecule has 12 heteroatoms. The second-order valence-electron chi connectivity index (χ2n) is 7.41. The number of esters is 1. The highest BCUT2D eigenvalue weighted by Gasteiger charge is 2.38. The standard InChI is InChI=1S/C21H18F4N2O6/c1-32-19(28)14-8-13(12-2-7-17(18(22)9-12)21(23,24)25)10-26(11-14)20(29)33-16-5-3-15(4-6-16)27(30)31/h2-7,9,13-14H,8,10-11H2,1H3. The van der Waals surface area contributed by atoms with Gasteiger partial charge < -0.3 is 14.4 Å². The van der Waals surface area contributed by atoms with E-state index in [2.05, 4.69) is 0 Å². The van der Waals surface area contributed by atoms with Gasteiger partial charge in [0.1, 0.15) is 11.6 Å². The van der Waals surface area contributed by atoms with Gasteiger partial charge in [0.15, 0.2) is 0 Å². The summed E-state index contributed by atoms with van der Waals surface area (Å²) in [6.45, 7) is -0.137. The highest BCUT2D eigenvalue weighted by molar-refractivity contribution is 5.76. The third kappa shape index (κ3) is 5.57. The Balaban J connectivity index is 1.82. The highest BCUT2D eigenvalue weighted by Crippen LogP contribution is 2.36. The summed E-state index contributed by atoms with van der Waals surface area (Å²) in [5.74, 6) is -3.56.